The van der Waals surface area contributed by atoms with Crippen molar-refractivity contribution in [2.24, 2.45) is 5.11 Å². The van der Waals surface area contributed by atoms with Gasteiger partial charge in [-0.15, -0.1) is 0 Å². The maximum atomic E-state index is 12.1. The van der Waals surface area contributed by atoms with Crippen LogP contribution < -0.4 is 29.6 Å². The summed E-state index contributed by atoms with van der Waals surface area (Å²) in [5.41, 5.74) is 10.4. The number of ether oxygens (including phenoxy) is 4. The number of hydrogen-bond donors (Lipinski definition) is 0. The van der Waals surface area contributed by atoms with E-state index < -0.39 is 46.2 Å². The first-order valence-corrected chi connectivity index (χ1v) is 11.1. The van der Waals surface area contributed by atoms with E-state index in [1.807, 2.05) is 36.4 Å². The second-order valence-electron chi connectivity index (χ2n) is 7.17. The largest absolute Gasteiger partial charge is 1.00 e. The zero-order valence-electron chi connectivity index (χ0n) is 17.3. The SMILES string of the molecule is [N-]=[N+]=N[C@H]1O[C@@H]2COC(c3ccccc3)O[C@H]2[C@H](OCc2ccccc2)[C@@H]1S(=O)(=O)[O-].[Na+]. The van der Waals surface area contributed by atoms with Crippen molar-refractivity contribution in [3.63, 3.8) is 0 Å². The van der Waals surface area contributed by atoms with Crippen LogP contribution in [0.5, 0.6) is 0 Å². The number of azide groups is 1. The molecule has 6 atom stereocenters. The molecule has 0 amide bonds. The second kappa shape index (κ2) is 11.1. The van der Waals surface area contributed by atoms with Crippen LogP contribution >= 0.6 is 0 Å². The molecule has 2 aromatic carbocycles. The van der Waals surface area contributed by atoms with Crippen LogP contribution in [-0.2, 0) is 35.7 Å². The average Bonchev–Trinajstić information content (AvgIpc) is 2.77. The molecule has 2 aromatic rings. The Balaban J connectivity index is 0.00000289. The molecule has 2 fully saturated rings. The minimum atomic E-state index is -4.97. The normalized spacial score (nSPS) is 29.8. The Morgan fingerprint density at radius 2 is 1.75 bits per heavy atom. The average molecular weight is 469 g/mol. The topological polar surface area (TPSA) is 143 Å². The van der Waals surface area contributed by atoms with Crippen molar-refractivity contribution in [2.75, 3.05) is 6.61 Å². The third-order valence-corrected chi connectivity index (χ3v) is 6.33. The van der Waals surface area contributed by atoms with Gasteiger partial charge >= 0.3 is 29.6 Å². The fourth-order valence-electron chi connectivity index (χ4n) is 3.75. The monoisotopic (exact) mass is 469 g/mol. The van der Waals surface area contributed by atoms with Gasteiger partial charge in [0.05, 0.1) is 13.2 Å². The molecule has 2 saturated heterocycles. The van der Waals surface area contributed by atoms with Gasteiger partial charge in [0.2, 0.25) is 0 Å². The molecule has 2 aliphatic rings. The molecule has 0 N–H and O–H groups in total. The van der Waals surface area contributed by atoms with Crippen LogP contribution in [0.4, 0.5) is 0 Å². The van der Waals surface area contributed by atoms with Crippen molar-refractivity contribution >= 4 is 10.1 Å². The molecule has 32 heavy (non-hydrogen) atoms. The van der Waals surface area contributed by atoms with E-state index in [-0.39, 0.29) is 42.8 Å². The van der Waals surface area contributed by atoms with Gasteiger partial charge in [0.15, 0.2) is 12.5 Å². The molecule has 12 heteroatoms. The van der Waals surface area contributed by atoms with Gasteiger partial charge in [-0.3, -0.25) is 0 Å². The van der Waals surface area contributed by atoms with Crippen LogP contribution in [0.3, 0.4) is 0 Å². The number of rotatable bonds is 6. The molecule has 10 nitrogen and oxygen atoms in total. The predicted molar refractivity (Wildman–Crippen MR) is 106 cm³/mol. The molecule has 164 valence electrons. The van der Waals surface area contributed by atoms with E-state index in [0.717, 1.165) is 11.1 Å². The maximum absolute atomic E-state index is 12.1. The quantitative estimate of drug-likeness (QED) is 0.185. The van der Waals surface area contributed by atoms with E-state index in [1.165, 1.54) is 0 Å². The third-order valence-electron chi connectivity index (χ3n) is 5.16. The number of benzene rings is 2. The summed E-state index contributed by atoms with van der Waals surface area (Å²) in [6.45, 7) is 0.0719. The second-order valence-corrected chi connectivity index (χ2v) is 8.70. The summed E-state index contributed by atoms with van der Waals surface area (Å²) in [7, 11) is -4.97. The van der Waals surface area contributed by atoms with Gasteiger partial charge < -0.3 is 23.5 Å². The van der Waals surface area contributed by atoms with Gasteiger partial charge in [-0.2, -0.15) is 0 Å². The van der Waals surface area contributed by atoms with Gasteiger partial charge in [-0.1, -0.05) is 65.8 Å². The van der Waals surface area contributed by atoms with E-state index in [4.69, 9.17) is 24.5 Å². The molecule has 2 aliphatic heterocycles. The fourth-order valence-corrected chi connectivity index (χ4v) is 4.72. The molecule has 0 aliphatic carbocycles. The Morgan fingerprint density at radius 3 is 2.38 bits per heavy atom. The Kier molecular flexibility index (Phi) is 8.70. The zero-order chi connectivity index (χ0) is 21.8. The molecule has 0 radical (unpaired) electrons. The van der Waals surface area contributed by atoms with Crippen LogP contribution in [0.25, 0.3) is 10.4 Å². The molecule has 0 aromatic heterocycles. The molecular formula is C20H20N3NaO7S. The van der Waals surface area contributed by atoms with Crippen LogP contribution in [0.15, 0.2) is 65.8 Å². The Morgan fingerprint density at radius 1 is 1.09 bits per heavy atom. The molecule has 1 unspecified atom stereocenters. The molecule has 0 bridgehead atoms. The minimum Gasteiger partial charge on any atom is -0.748 e. The molecule has 4 rings (SSSR count). The van der Waals surface area contributed by atoms with Gasteiger partial charge in [0.25, 0.3) is 0 Å². The smallest absolute Gasteiger partial charge is 0.748 e. The van der Waals surface area contributed by atoms with Crippen LogP contribution in [0, 0.1) is 0 Å². The minimum absolute atomic E-state index is 0. The molecular weight excluding hydrogens is 449 g/mol. The van der Waals surface area contributed by atoms with E-state index in [9.17, 15) is 13.0 Å². The first kappa shape index (κ1) is 25.1. The third kappa shape index (κ3) is 5.70. The standard InChI is InChI=1S/C20H21N3O7S.Na/c21-23-22-19-18(31(24,25)26)17(27-11-13-7-3-1-4-8-13)16-15(29-19)12-28-20(30-16)14-9-5-2-6-10-14;/h1-10,15-20H,11-12H2,(H,24,25,26);/q;+1/p-1/t15-,16-,17+,18+,19+,20?;/m1./s1. The summed E-state index contributed by atoms with van der Waals surface area (Å²) in [6, 6.07) is 18.2. The van der Waals surface area contributed by atoms with Crippen molar-refractivity contribution in [1.29, 1.82) is 0 Å². The van der Waals surface area contributed by atoms with Crippen LogP contribution in [0.2, 0.25) is 0 Å². The summed E-state index contributed by atoms with van der Waals surface area (Å²) in [5, 5.41) is 1.62. The summed E-state index contributed by atoms with van der Waals surface area (Å²) in [4.78, 5) is 2.64. The van der Waals surface area contributed by atoms with Crippen molar-refractivity contribution in [2.45, 2.75) is 42.7 Å². The summed E-state index contributed by atoms with van der Waals surface area (Å²) in [6.07, 6.45) is -5.29. The van der Waals surface area contributed by atoms with E-state index in [0.29, 0.717) is 0 Å². The van der Waals surface area contributed by atoms with Gasteiger partial charge in [-0.05, 0) is 11.1 Å². The van der Waals surface area contributed by atoms with Crippen molar-refractivity contribution in [3.05, 3.63) is 82.2 Å². The summed E-state index contributed by atoms with van der Waals surface area (Å²) < 4.78 is 59.7. The maximum Gasteiger partial charge on any atom is 1.00 e. The molecule has 0 spiro atoms. The molecule has 2 heterocycles. The first-order chi connectivity index (χ1) is 15.0. The van der Waals surface area contributed by atoms with E-state index >= 15 is 0 Å². The van der Waals surface area contributed by atoms with Crippen molar-refractivity contribution < 1.29 is 61.5 Å². The molecule has 0 saturated carbocycles. The number of nitrogens with zero attached hydrogens (tertiary/aromatic N) is 3. The van der Waals surface area contributed by atoms with Crippen LogP contribution in [0.1, 0.15) is 17.4 Å². The van der Waals surface area contributed by atoms with Crippen LogP contribution in [-0.4, -0.2) is 49.4 Å². The fraction of sp³-hybridized carbons (Fsp3) is 0.400. The predicted octanol–water partition coefficient (Wildman–Crippen LogP) is -0.361. The number of fused-ring (bicyclic) bond motifs is 1. The number of hydrogen-bond acceptors (Lipinski definition) is 8. The van der Waals surface area contributed by atoms with Gasteiger partial charge in [-0.25, -0.2) is 8.42 Å². The Hall–Kier alpha value is -1.50. The van der Waals surface area contributed by atoms with Crippen molar-refractivity contribution in [1.82, 2.24) is 0 Å². The Labute approximate surface area is 207 Å². The van der Waals surface area contributed by atoms with Gasteiger partial charge in [0.1, 0.15) is 33.7 Å². The summed E-state index contributed by atoms with van der Waals surface area (Å²) in [5.74, 6) is 0. The van der Waals surface area contributed by atoms with Crippen molar-refractivity contribution in [3.8, 4) is 0 Å². The van der Waals surface area contributed by atoms with Gasteiger partial charge in [0, 0.05) is 10.5 Å². The Bertz CT molecular complexity index is 1040. The van der Waals surface area contributed by atoms with E-state index in [2.05, 4.69) is 10.0 Å². The first-order valence-electron chi connectivity index (χ1n) is 9.59. The zero-order valence-corrected chi connectivity index (χ0v) is 20.1. The summed E-state index contributed by atoms with van der Waals surface area (Å²) >= 11 is 0. The van der Waals surface area contributed by atoms with E-state index in [1.54, 1.807) is 24.3 Å².